The van der Waals surface area contributed by atoms with E-state index >= 15 is 0 Å². The van der Waals surface area contributed by atoms with Gasteiger partial charge in [-0.05, 0) is 50.4 Å². The van der Waals surface area contributed by atoms with E-state index in [1.54, 1.807) is 0 Å². The van der Waals surface area contributed by atoms with Crippen LogP contribution in [-0.2, 0) is 26.1 Å². The maximum absolute atomic E-state index is 5.32. The molecule has 0 saturated carbocycles. The Morgan fingerprint density at radius 3 is 2.52 bits per heavy atom. The third-order valence-electron chi connectivity index (χ3n) is 4.79. The molecule has 146 valence electrons. The first kappa shape index (κ1) is 19.4. The molecule has 0 atom stereocenters. The minimum atomic E-state index is 0.577. The van der Waals surface area contributed by atoms with Gasteiger partial charge in [0.15, 0.2) is 11.7 Å². The highest BCUT2D eigenvalue weighted by molar-refractivity contribution is 5.79. The van der Waals surface area contributed by atoms with Crippen LogP contribution in [0.25, 0.3) is 0 Å². The van der Waals surface area contributed by atoms with Crippen molar-refractivity contribution in [3.05, 3.63) is 52.9 Å². The highest BCUT2D eigenvalue weighted by Crippen LogP contribution is 2.13. The van der Waals surface area contributed by atoms with Gasteiger partial charge in [0.1, 0.15) is 0 Å². The maximum atomic E-state index is 5.32. The number of aromatic nitrogens is 1. The first-order valence-electron chi connectivity index (χ1n) is 10.0. The van der Waals surface area contributed by atoms with Gasteiger partial charge in [-0.1, -0.05) is 36.3 Å². The SMILES string of the molecule is CCNC(=NCc1ccc(CN2CCCC2)cc1)NCc1cc(CC)no1. The normalized spacial score (nSPS) is 15.3. The third-order valence-corrected chi connectivity index (χ3v) is 4.79. The van der Waals surface area contributed by atoms with Gasteiger partial charge in [0.25, 0.3) is 0 Å². The molecular weight excluding hydrogens is 338 g/mol. The summed E-state index contributed by atoms with van der Waals surface area (Å²) < 4.78 is 5.32. The van der Waals surface area contributed by atoms with Crippen LogP contribution in [0.2, 0.25) is 0 Å². The van der Waals surface area contributed by atoms with E-state index in [9.17, 15) is 0 Å². The van der Waals surface area contributed by atoms with Crippen molar-refractivity contribution < 1.29 is 4.52 Å². The van der Waals surface area contributed by atoms with Gasteiger partial charge in [-0.15, -0.1) is 0 Å². The van der Waals surface area contributed by atoms with E-state index in [1.165, 1.54) is 37.1 Å². The Morgan fingerprint density at radius 2 is 1.85 bits per heavy atom. The topological polar surface area (TPSA) is 65.7 Å². The molecule has 27 heavy (non-hydrogen) atoms. The van der Waals surface area contributed by atoms with Crippen molar-refractivity contribution in [2.45, 2.75) is 52.7 Å². The van der Waals surface area contributed by atoms with Gasteiger partial charge in [0, 0.05) is 19.2 Å². The van der Waals surface area contributed by atoms with E-state index in [4.69, 9.17) is 4.52 Å². The molecule has 1 fully saturated rings. The molecule has 0 bridgehead atoms. The molecule has 0 spiro atoms. The second-order valence-electron chi connectivity index (χ2n) is 6.99. The summed E-state index contributed by atoms with van der Waals surface area (Å²) in [7, 11) is 0. The molecule has 1 aliphatic rings. The van der Waals surface area contributed by atoms with Crippen molar-refractivity contribution in [1.82, 2.24) is 20.7 Å². The number of likely N-dealkylation sites (tertiary alicyclic amines) is 1. The van der Waals surface area contributed by atoms with Gasteiger partial charge in [-0.3, -0.25) is 4.90 Å². The van der Waals surface area contributed by atoms with Gasteiger partial charge >= 0.3 is 0 Å². The molecule has 2 heterocycles. The average molecular weight is 370 g/mol. The molecule has 1 saturated heterocycles. The number of hydrogen-bond donors (Lipinski definition) is 2. The molecule has 6 heteroatoms. The molecule has 2 aromatic rings. The monoisotopic (exact) mass is 369 g/mol. The number of nitrogens with zero attached hydrogens (tertiary/aromatic N) is 3. The first-order chi connectivity index (χ1) is 13.3. The number of benzene rings is 1. The van der Waals surface area contributed by atoms with Crippen LogP contribution in [0.15, 0.2) is 39.8 Å². The summed E-state index contributed by atoms with van der Waals surface area (Å²) >= 11 is 0. The largest absolute Gasteiger partial charge is 0.359 e. The summed E-state index contributed by atoms with van der Waals surface area (Å²) in [6.45, 7) is 9.69. The summed E-state index contributed by atoms with van der Waals surface area (Å²) in [5, 5.41) is 10.6. The lowest BCUT2D eigenvalue weighted by atomic mass is 10.1. The number of hydrogen-bond acceptors (Lipinski definition) is 4. The number of nitrogens with one attached hydrogen (secondary N) is 2. The Hall–Kier alpha value is -2.34. The van der Waals surface area contributed by atoms with E-state index in [0.717, 1.165) is 36.9 Å². The summed E-state index contributed by atoms with van der Waals surface area (Å²) in [5.41, 5.74) is 3.57. The van der Waals surface area contributed by atoms with E-state index < -0.39 is 0 Å². The lowest BCUT2D eigenvalue weighted by molar-refractivity contribution is 0.331. The first-order valence-corrected chi connectivity index (χ1v) is 10.0. The van der Waals surface area contributed by atoms with Crippen molar-refractivity contribution >= 4 is 5.96 Å². The van der Waals surface area contributed by atoms with Crippen molar-refractivity contribution in [1.29, 1.82) is 0 Å². The maximum Gasteiger partial charge on any atom is 0.191 e. The predicted octanol–water partition coefficient (Wildman–Crippen LogP) is 3.09. The van der Waals surface area contributed by atoms with Crippen LogP contribution in [0.5, 0.6) is 0 Å². The van der Waals surface area contributed by atoms with E-state index in [2.05, 4.69) is 63.8 Å². The highest BCUT2D eigenvalue weighted by Gasteiger charge is 2.11. The molecule has 0 radical (unpaired) electrons. The van der Waals surface area contributed by atoms with Crippen molar-refractivity contribution in [3.63, 3.8) is 0 Å². The lowest BCUT2D eigenvalue weighted by Gasteiger charge is -2.14. The predicted molar refractivity (Wildman–Crippen MR) is 108 cm³/mol. The van der Waals surface area contributed by atoms with Crippen LogP contribution in [0.3, 0.4) is 0 Å². The average Bonchev–Trinajstić information content (AvgIpc) is 3.37. The van der Waals surface area contributed by atoms with E-state index in [-0.39, 0.29) is 0 Å². The van der Waals surface area contributed by atoms with Crippen LogP contribution < -0.4 is 10.6 Å². The quantitative estimate of drug-likeness (QED) is 0.553. The Labute approximate surface area is 162 Å². The van der Waals surface area contributed by atoms with Gasteiger partial charge in [0.2, 0.25) is 0 Å². The molecule has 0 amide bonds. The summed E-state index contributed by atoms with van der Waals surface area (Å²) in [6, 6.07) is 10.8. The van der Waals surface area contributed by atoms with Crippen LogP contribution in [0.1, 0.15) is 49.3 Å². The Bertz CT molecular complexity index is 716. The fraction of sp³-hybridized carbons (Fsp3) is 0.524. The molecule has 6 nitrogen and oxygen atoms in total. The Balaban J connectivity index is 1.52. The fourth-order valence-electron chi connectivity index (χ4n) is 3.24. The molecule has 2 N–H and O–H groups in total. The molecule has 0 aliphatic carbocycles. The molecule has 1 aromatic heterocycles. The number of rotatable bonds is 8. The van der Waals surface area contributed by atoms with Gasteiger partial charge in [0.05, 0.1) is 18.8 Å². The number of aryl methyl sites for hydroxylation is 1. The highest BCUT2D eigenvalue weighted by atomic mass is 16.5. The van der Waals surface area contributed by atoms with Crippen molar-refractivity contribution in [2.75, 3.05) is 19.6 Å². The summed E-state index contributed by atoms with van der Waals surface area (Å²) in [5.74, 6) is 1.61. The molecular formula is C21H31N5O. The Kier molecular flexibility index (Phi) is 7.27. The van der Waals surface area contributed by atoms with Gasteiger partial charge in [-0.2, -0.15) is 0 Å². The molecule has 1 aliphatic heterocycles. The fourth-order valence-corrected chi connectivity index (χ4v) is 3.24. The summed E-state index contributed by atoms with van der Waals surface area (Å²) in [6.07, 6.45) is 3.55. The van der Waals surface area contributed by atoms with E-state index in [0.29, 0.717) is 13.1 Å². The Morgan fingerprint density at radius 1 is 1.11 bits per heavy atom. The smallest absolute Gasteiger partial charge is 0.191 e. The zero-order valence-corrected chi connectivity index (χ0v) is 16.5. The number of guanidine groups is 1. The van der Waals surface area contributed by atoms with E-state index in [1.807, 2.05) is 6.07 Å². The number of aliphatic imine (C=N–C) groups is 1. The van der Waals surface area contributed by atoms with Crippen LogP contribution in [0.4, 0.5) is 0 Å². The van der Waals surface area contributed by atoms with Crippen molar-refractivity contribution in [3.8, 4) is 0 Å². The summed E-state index contributed by atoms with van der Waals surface area (Å²) in [4.78, 5) is 7.20. The standard InChI is InChI=1S/C21H31N5O/c1-3-19-13-20(27-25-19)15-24-21(22-4-2)23-14-17-7-9-18(10-8-17)16-26-11-5-6-12-26/h7-10,13H,3-6,11-12,14-16H2,1-2H3,(H2,22,23,24). The van der Waals surface area contributed by atoms with Crippen LogP contribution >= 0.6 is 0 Å². The molecule has 0 unspecified atom stereocenters. The molecule has 3 rings (SSSR count). The van der Waals surface area contributed by atoms with Crippen LogP contribution in [0, 0.1) is 0 Å². The zero-order chi connectivity index (χ0) is 18.9. The van der Waals surface area contributed by atoms with Gasteiger partial charge < -0.3 is 15.2 Å². The zero-order valence-electron chi connectivity index (χ0n) is 16.5. The second kappa shape index (κ2) is 10.1. The lowest BCUT2D eigenvalue weighted by Crippen LogP contribution is -2.36. The minimum Gasteiger partial charge on any atom is -0.359 e. The van der Waals surface area contributed by atoms with Crippen molar-refractivity contribution in [2.24, 2.45) is 4.99 Å². The third kappa shape index (κ3) is 6.10. The minimum absolute atomic E-state index is 0.577. The molecule has 1 aromatic carbocycles. The van der Waals surface area contributed by atoms with Gasteiger partial charge in [-0.25, -0.2) is 4.99 Å². The second-order valence-corrected chi connectivity index (χ2v) is 6.99. The van der Waals surface area contributed by atoms with Crippen LogP contribution in [-0.4, -0.2) is 35.7 Å².